The first kappa shape index (κ1) is 20.0. The van der Waals surface area contributed by atoms with Crippen molar-refractivity contribution >= 4 is 11.6 Å². The van der Waals surface area contributed by atoms with Gasteiger partial charge in [-0.05, 0) is 61.9 Å². The second kappa shape index (κ2) is 8.64. The quantitative estimate of drug-likeness (QED) is 0.499. The lowest BCUT2D eigenvalue weighted by molar-refractivity contribution is 0.102. The van der Waals surface area contributed by atoms with E-state index in [0.717, 1.165) is 22.4 Å². The number of benzene rings is 2. The van der Waals surface area contributed by atoms with Gasteiger partial charge in [-0.3, -0.25) is 9.78 Å². The summed E-state index contributed by atoms with van der Waals surface area (Å²) in [5.41, 5.74) is 4.69. The summed E-state index contributed by atoms with van der Waals surface area (Å²) in [5.74, 6) is 5.27. The van der Waals surface area contributed by atoms with Gasteiger partial charge in [0.1, 0.15) is 5.82 Å². The van der Waals surface area contributed by atoms with Crippen molar-refractivity contribution in [3.8, 4) is 17.5 Å². The SMILES string of the molecule is Cc1cn(-c2cc(F)cc(C(=O)Nc3ccc(C)c(C#Cc4cccnc4)c3)c2)cn1. The molecule has 2 heterocycles. The molecule has 0 aliphatic carbocycles. The summed E-state index contributed by atoms with van der Waals surface area (Å²) in [5, 5.41) is 2.82. The fourth-order valence-electron chi connectivity index (χ4n) is 3.03. The number of halogens is 1. The molecule has 0 radical (unpaired) electrons. The fourth-order valence-corrected chi connectivity index (χ4v) is 3.03. The van der Waals surface area contributed by atoms with Crippen LogP contribution in [0.25, 0.3) is 5.69 Å². The molecule has 0 aliphatic rings. The second-order valence-electron chi connectivity index (χ2n) is 7.10. The summed E-state index contributed by atoms with van der Waals surface area (Å²) in [6.07, 6.45) is 6.73. The van der Waals surface area contributed by atoms with E-state index in [1.807, 2.05) is 32.0 Å². The molecule has 0 fully saturated rings. The average Bonchev–Trinajstić information content (AvgIpc) is 3.21. The number of rotatable bonds is 3. The molecular weight excluding hydrogens is 391 g/mol. The van der Waals surface area contributed by atoms with Gasteiger partial charge in [0.25, 0.3) is 5.91 Å². The zero-order valence-electron chi connectivity index (χ0n) is 17.1. The van der Waals surface area contributed by atoms with Crippen molar-refractivity contribution in [2.75, 3.05) is 5.32 Å². The molecular formula is C25H19FN4O. The smallest absolute Gasteiger partial charge is 0.255 e. The number of nitrogens with one attached hydrogen (secondary N) is 1. The third-order valence-corrected chi connectivity index (χ3v) is 4.65. The first-order valence-corrected chi connectivity index (χ1v) is 9.63. The third-order valence-electron chi connectivity index (χ3n) is 4.65. The van der Waals surface area contributed by atoms with Gasteiger partial charge in [0.15, 0.2) is 0 Å². The molecule has 5 nitrogen and oxygen atoms in total. The molecule has 0 saturated heterocycles. The zero-order chi connectivity index (χ0) is 21.8. The lowest BCUT2D eigenvalue weighted by atomic mass is 10.1. The number of aryl methyl sites for hydroxylation is 2. The van der Waals surface area contributed by atoms with Gasteiger partial charge in [-0.15, -0.1) is 0 Å². The topological polar surface area (TPSA) is 59.8 Å². The third kappa shape index (κ3) is 4.85. The van der Waals surface area contributed by atoms with Gasteiger partial charge in [-0.25, -0.2) is 9.37 Å². The summed E-state index contributed by atoms with van der Waals surface area (Å²) in [6.45, 7) is 3.79. The minimum atomic E-state index is -0.499. The molecule has 0 saturated carbocycles. The summed E-state index contributed by atoms with van der Waals surface area (Å²) in [6, 6.07) is 13.4. The second-order valence-corrected chi connectivity index (χ2v) is 7.10. The Morgan fingerprint density at radius 3 is 2.71 bits per heavy atom. The molecule has 2 aromatic carbocycles. The molecule has 1 N–H and O–H groups in total. The van der Waals surface area contributed by atoms with Crippen LogP contribution in [-0.4, -0.2) is 20.4 Å². The number of pyridine rings is 1. The highest BCUT2D eigenvalue weighted by molar-refractivity contribution is 6.04. The van der Waals surface area contributed by atoms with Crippen molar-refractivity contribution in [2.24, 2.45) is 0 Å². The van der Waals surface area contributed by atoms with Gasteiger partial charge in [-0.1, -0.05) is 17.9 Å². The van der Waals surface area contributed by atoms with Crippen LogP contribution < -0.4 is 5.32 Å². The van der Waals surface area contributed by atoms with Crippen LogP contribution in [0.3, 0.4) is 0 Å². The molecule has 0 bridgehead atoms. The molecule has 0 aliphatic heterocycles. The van der Waals surface area contributed by atoms with Gasteiger partial charge in [0.2, 0.25) is 0 Å². The Morgan fingerprint density at radius 2 is 1.97 bits per heavy atom. The van der Waals surface area contributed by atoms with E-state index in [1.165, 1.54) is 12.1 Å². The van der Waals surface area contributed by atoms with E-state index >= 15 is 0 Å². The molecule has 4 aromatic rings. The van der Waals surface area contributed by atoms with Crippen LogP contribution in [0.1, 0.15) is 32.7 Å². The van der Waals surface area contributed by atoms with E-state index in [0.29, 0.717) is 11.4 Å². The Labute approximate surface area is 179 Å². The van der Waals surface area contributed by atoms with Crippen LogP contribution >= 0.6 is 0 Å². The van der Waals surface area contributed by atoms with Crippen LogP contribution in [0.15, 0.2) is 73.4 Å². The Balaban J connectivity index is 1.58. The molecule has 2 aromatic heterocycles. The summed E-state index contributed by atoms with van der Waals surface area (Å²) in [4.78, 5) is 21.0. The first-order valence-electron chi connectivity index (χ1n) is 9.63. The normalized spacial score (nSPS) is 10.3. The number of amides is 1. The summed E-state index contributed by atoms with van der Waals surface area (Å²) in [7, 11) is 0. The van der Waals surface area contributed by atoms with Crippen molar-refractivity contribution in [3.63, 3.8) is 0 Å². The predicted molar refractivity (Wildman–Crippen MR) is 118 cm³/mol. The Bertz CT molecular complexity index is 1320. The summed E-state index contributed by atoms with van der Waals surface area (Å²) >= 11 is 0. The van der Waals surface area contributed by atoms with E-state index in [4.69, 9.17) is 0 Å². The Hall–Kier alpha value is -4.24. The van der Waals surface area contributed by atoms with Crippen molar-refractivity contribution in [1.29, 1.82) is 0 Å². The number of aromatic nitrogens is 3. The number of nitrogens with zero attached hydrogens (tertiary/aromatic N) is 3. The van der Waals surface area contributed by atoms with Gasteiger partial charge in [-0.2, -0.15) is 0 Å². The lowest BCUT2D eigenvalue weighted by Crippen LogP contribution is -2.13. The zero-order valence-corrected chi connectivity index (χ0v) is 17.1. The maximum Gasteiger partial charge on any atom is 0.255 e. The molecule has 152 valence electrons. The highest BCUT2D eigenvalue weighted by atomic mass is 19.1. The van der Waals surface area contributed by atoms with E-state index in [-0.39, 0.29) is 5.56 Å². The van der Waals surface area contributed by atoms with Crippen LogP contribution in [-0.2, 0) is 0 Å². The Kier molecular flexibility index (Phi) is 5.59. The maximum absolute atomic E-state index is 14.2. The number of carbonyl (C=O) groups excluding carboxylic acids is 1. The largest absolute Gasteiger partial charge is 0.322 e. The van der Waals surface area contributed by atoms with Crippen LogP contribution in [0.5, 0.6) is 0 Å². The first-order chi connectivity index (χ1) is 15.0. The fraction of sp³-hybridized carbons (Fsp3) is 0.0800. The standard InChI is InChI=1S/C25H19FN4O/c1-17-5-8-23(11-20(17)7-6-19-4-3-9-27-14-19)29-25(31)21-10-22(26)13-24(12-21)30-15-18(2)28-16-30/h3-5,8-16H,1-2H3,(H,29,31). The molecule has 0 atom stereocenters. The number of imidazole rings is 1. The molecule has 0 unspecified atom stereocenters. The maximum atomic E-state index is 14.2. The predicted octanol–water partition coefficient (Wildman–Crippen LogP) is 4.68. The van der Waals surface area contributed by atoms with Crippen LogP contribution in [0.4, 0.5) is 10.1 Å². The number of hydrogen-bond donors (Lipinski definition) is 1. The van der Waals surface area contributed by atoms with Crippen molar-refractivity contribution in [1.82, 2.24) is 14.5 Å². The minimum Gasteiger partial charge on any atom is -0.322 e. The van der Waals surface area contributed by atoms with Crippen LogP contribution in [0, 0.1) is 31.5 Å². The van der Waals surface area contributed by atoms with E-state index in [1.54, 1.807) is 47.7 Å². The van der Waals surface area contributed by atoms with E-state index in [9.17, 15) is 9.18 Å². The van der Waals surface area contributed by atoms with Gasteiger partial charge in [0, 0.05) is 41.0 Å². The molecule has 31 heavy (non-hydrogen) atoms. The molecule has 6 heteroatoms. The lowest BCUT2D eigenvalue weighted by Gasteiger charge is -2.09. The van der Waals surface area contributed by atoms with Gasteiger partial charge < -0.3 is 9.88 Å². The molecule has 1 amide bonds. The highest BCUT2D eigenvalue weighted by Gasteiger charge is 2.11. The van der Waals surface area contributed by atoms with Crippen molar-refractivity contribution in [2.45, 2.75) is 13.8 Å². The summed E-state index contributed by atoms with van der Waals surface area (Å²) < 4.78 is 15.8. The van der Waals surface area contributed by atoms with E-state index < -0.39 is 11.7 Å². The minimum absolute atomic E-state index is 0.213. The van der Waals surface area contributed by atoms with Crippen LogP contribution in [0.2, 0.25) is 0 Å². The van der Waals surface area contributed by atoms with E-state index in [2.05, 4.69) is 27.1 Å². The number of hydrogen-bond acceptors (Lipinski definition) is 3. The van der Waals surface area contributed by atoms with Crippen molar-refractivity contribution in [3.05, 3.63) is 107 Å². The van der Waals surface area contributed by atoms with Gasteiger partial charge in [0.05, 0.1) is 17.7 Å². The Morgan fingerprint density at radius 1 is 1.10 bits per heavy atom. The highest BCUT2D eigenvalue weighted by Crippen LogP contribution is 2.18. The molecule has 0 spiro atoms. The number of carbonyl (C=O) groups is 1. The average molecular weight is 410 g/mol. The van der Waals surface area contributed by atoms with Crippen molar-refractivity contribution < 1.29 is 9.18 Å². The monoisotopic (exact) mass is 410 g/mol. The number of anilines is 1. The molecule has 4 rings (SSSR count). The van der Waals surface area contributed by atoms with Gasteiger partial charge >= 0.3 is 0 Å².